The van der Waals surface area contributed by atoms with Gasteiger partial charge in [0.25, 0.3) is 11.5 Å². The van der Waals surface area contributed by atoms with Crippen LogP contribution in [0.25, 0.3) is 10.9 Å². The lowest BCUT2D eigenvalue weighted by Gasteiger charge is -2.21. The monoisotopic (exact) mass is 386 g/mol. The molecule has 2 aromatic rings. The lowest BCUT2D eigenvalue weighted by molar-refractivity contribution is -0.136. The summed E-state index contributed by atoms with van der Waals surface area (Å²) in [6.07, 6.45) is 0.333. The first kappa shape index (κ1) is 19.5. The number of urea groups is 1. The smallest absolute Gasteiger partial charge is 0.315 e. The third-order valence-electron chi connectivity index (χ3n) is 4.38. The van der Waals surface area contributed by atoms with Crippen LogP contribution in [-0.4, -0.2) is 39.4 Å². The van der Waals surface area contributed by atoms with Crippen LogP contribution in [0.5, 0.6) is 0 Å². The highest BCUT2D eigenvalue weighted by atomic mass is 16.2. The molecule has 3 N–H and O–H groups in total. The van der Waals surface area contributed by atoms with Gasteiger partial charge in [0.1, 0.15) is 11.6 Å². The van der Waals surface area contributed by atoms with Gasteiger partial charge in [0.15, 0.2) is 0 Å². The van der Waals surface area contributed by atoms with Gasteiger partial charge in [0.2, 0.25) is 5.91 Å². The fourth-order valence-corrected chi connectivity index (χ4v) is 2.87. The molecule has 148 valence electrons. The molecule has 1 atom stereocenters. The largest absolute Gasteiger partial charge is 0.338 e. The second-order valence-electron chi connectivity index (χ2n) is 7.11. The van der Waals surface area contributed by atoms with Crippen LogP contribution < -0.4 is 21.5 Å². The Morgan fingerprint density at radius 3 is 2.79 bits per heavy atom. The van der Waals surface area contributed by atoms with Crippen molar-refractivity contribution < 1.29 is 14.4 Å². The van der Waals surface area contributed by atoms with E-state index < -0.39 is 17.5 Å². The summed E-state index contributed by atoms with van der Waals surface area (Å²) in [5.74, 6) is -0.588. The van der Waals surface area contributed by atoms with Crippen molar-refractivity contribution in [3.05, 3.63) is 34.1 Å². The van der Waals surface area contributed by atoms with Crippen molar-refractivity contribution >= 4 is 28.7 Å². The van der Waals surface area contributed by atoms with Gasteiger partial charge in [-0.25, -0.2) is 4.79 Å². The predicted octanol–water partition coefficient (Wildman–Crippen LogP) is 0.224. The van der Waals surface area contributed by atoms with E-state index >= 15 is 0 Å². The molecule has 0 saturated carbocycles. The van der Waals surface area contributed by atoms with Gasteiger partial charge in [0.05, 0.1) is 5.39 Å². The van der Waals surface area contributed by atoms with Gasteiger partial charge in [0, 0.05) is 19.5 Å². The number of rotatable bonds is 5. The summed E-state index contributed by atoms with van der Waals surface area (Å²) in [6, 6.07) is 3.85. The second kappa shape index (κ2) is 8.15. The molecule has 1 fully saturated rings. The predicted molar refractivity (Wildman–Crippen MR) is 100 cm³/mol. The Labute approximate surface area is 160 Å². The Kier molecular flexibility index (Phi) is 5.67. The van der Waals surface area contributed by atoms with E-state index in [9.17, 15) is 19.2 Å². The lowest BCUT2D eigenvalue weighted by atomic mass is 10.1. The summed E-state index contributed by atoms with van der Waals surface area (Å²) >= 11 is 0. The van der Waals surface area contributed by atoms with Crippen molar-refractivity contribution in [1.29, 1.82) is 0 Å². The average molecular weight is 386 g/mol. The maximum Gasteiger partial charge on any atom is 0.315 e. The Balaban J connectivity index is 1.80. The standard InChI is InChI=1S/C18H22N6O4/c1-10(2)8-19-18(28)20-9-11-3-4-13-12(7-11)17(27)24(23-22-13)14-5-6-15(25)21-16(14)26/h3-4,7,10,14H,5-6,8-9H2,1-2H3,(H2,19,20,28)(H,21,25,26). The SMILES string of the molecule is CC(C)CNC(=O)NCc1ccc2nnn(C3CCC(=O)NC3=O)c(=O)c2c1. The molecular formula is C18H22N6O4. The van der Waals surface area contributed by atoms with Gasteiger partial charge in [-0.1, -0.05) is 25.1 Å². The van der Waals surface area contributed by atoms with E-state index in [0.717, 1.165) is 4.68 Å². The van der Waals surface area contributed by atoms with Gasteiger partial charge in [-0.2, -0.15) is 4.68 Å². The molecule has 0 aliphatic carbocycles. The number of aromatic nitrogens is 3. The van der Waals surface area contributed by atoms with E-state index in [4.69, 9.17) is 0 Å². The Morgan fingerprint density at radius 1 is 1.29 bits per heavy atom. The number of nitrogens with zero attached hydrogens (tertiary/aromatic N) is 3. The summed E-state index contributed by atoms with van der Waals surface area (Å²) in [5, 5.41) is 15.8. The molecule has 3 rings (SSSR count). The van der Waals surface area contributed by atoms with Gasteiger partial charge in [-0.05, 0) is 30.0 Å². The van der Waals surface area contributed by atoms with Crippen molar-refractivity contribution in [2.45, 2.75) is 39.3 Å². The first-order valence-electron chi connectivity index (χ1n) is 9.08. The van der Waals surface area contributed by atoms with Crippen LogP contribution >= 0.6 is 0 Å². The lowest BCUT2D eigenvalue weighted by Crippen LogP contribution is -2.45. The number of benzene rings is 1. The van der Waals surface area contributed by atoms with Crippen LogP contribution in [0, 0.1) is 5.92 Å². The quantitative estimate of drug-likeness (QED) is 0.629. The topological polar surface area (TPSA) is 135 Å². The van der Waals surface area contributed by atoms with E-state index in [1.165, 1.54) is 0 Å². The number of hydrogen-bond acceptors (Lipinski definition) is 6. The third kappa shape index (κ3) is 4.33. The van der Waals surface area contributed by atoms with Crippen molar-refractivity contribution in [2.24, 2.45) is 5.92 Å². The fourth-order valence-electron chi connectivity index (χ4n) is 2.87. The summed E-state index contributed by atoms with van der Waals surface area (Å²) in [7, 11) is 0. The normalized spacial score (nSPS) is 16.9. The molecule has 1 aliphatic rings. The average Bonchev–Trinajstić information content (AvgIpc) is 2.66. The van der Waals surface area contributed by atoms with E-state index in [1.54, 1.807) is 18.2 Å². The third-order valence-corrected chi connectivity index (χ3v) is 4.38. The Morgan fingerprint density at radius 2 is 2.07 bits per heavy atom. The first-order chi connectivity index (χ1) is 13.3. The van der Waals surface area contributed by atoms with E-state index in [-0.39, 0.29) is 31.3 Å². The molecule has 1 unspecified atom stereocenters. The summed E-state index contributed by atoms with van der Waals surface area (Å²) in [6.45, 7) is 4.80. The number of amides is 4. The minimum Gasteiger partial charge on any atom is -0.338 e. The Bertz CT molecular complexity index is 984. The van der Waals surface area contributed by atoms with Crippen LogP contribution in [-0.2, 0) is 16.1 Å². The molecule has 1 aliphatic heterocycles. The number of hydrogen-bond donors (Lipinski definition) is 3. The number of piperidine rings is 1. The number of nitrogens with one attached hydrogen (secondary N) is 3. The summed E-state index contributed by atoms with van der Waals surface area (Å²) in [4.78, 5) is 48.0. The fraction of sp³-hybridized carbons (Fsp3) is 0.444. The summed E-state index contributed by atoms with van der Waals surface area (Å²) < 4.78 is 1.01. The zero-order valence-electron chi connectivity index (χ0n) is 15.7. The van der Waals surface area contributed by atoms with Gasteiger partial charge < -0.3 is 10.6 Å². The van der Waals surface area contributed by atoms with Crippen molar-refractivity contribution in [3.63, 3.8) is 0 Å². The molecule has 0 spiro atoms. The molecule has 10 nitrogen and oxygen atoms in total. The Hall–Kier alpha value is -3.30. The number of fused-ring (bicyclic) bond motifs is 1. The molecule has 1 aromatic heterocycles. The van der Waals surface area contributed by atoms with Crippen molar-refractivity contribution in [2.75, 3.05) is 6.54 Å². The van der Waals surface area contributed by atoms with Crippen molar-refractivity contribution in [1.82, 2.24) is 30.9 Å². The second-order valence-corrected chi connectivity index (χ2v) is 7.11. The zero-order chi connectivity index (χ0) is 20.3. The zero-order valence-corrected chi connectivity index (χ0v) is 15.7. The van der Waals surface area contributed by atoms with Gasteiger partial charge in [-0.15, -0.1) is 5.10 Å². The molecule has 0 radical (unpaired) electrons. The van der Waals surface area contributed by atoms with Crippen LogP contribution in [0.1, 0.15) is 38.3 Å². The highest BCUT2D eigenvalue weighted by Crippen LogP contribution is 2.17. The number of carbonyl (C=O) groups is 3. The van der Waals surface area contributed by atoms with Crippen LogP contribution in [0.2, 0.25) is 0 Å². The maximum atomic E-state index is 12.8. The summed E-state index contributed by atoms with van der Waals surface area (Å²) in [5.41, 5.74) is 0.638. The molecule has 28 heavy (non-hydrogen) atoms. The van der Waals surface area contributed by atoms with E-state index in [2.05, 4.69) is 26.3 Å². The maximum absolute atomic E-state index is 12.8. The van der Waals surface area contributed by atoms with E-state index in [0.29, 0.717) is 28.9 Å². The number of imide groups is 1. The molecule has 0 bridgehead atoms. The van der Waals surface area contributed by atoms with Gasteiger partial charge >= 0.3 is 6.03 Å². The molecule has 4 amide bonds. The van der Waals surface area contributed by atoms with Crippen LogP contribution in [0.15, 0.2) is 23.0 Å². The van der Waals surface area contributed by atoms with Crippen molar-refractivity contribution in [3.8, 4) is 0 Å². The highest BCUT2D eigenvalue weighted by molar-refractivity contribution is 5.99. The molecule has 1 saturated heterocycles. The van der Waals surface area contributed by atoms with Crippen LogP contribution in [0.4, 0.5) is 4.79 Å². The van der Waals surface area contributed by atoms with Gasteiger partial charge in [-0.3, -0.25) is 19.7 Å². The number of carbonyl (C=O) groups excluding carboxylic acids is 3. The van der Waals surface area contributed by atoms with E-state index in [1.807, 2.05) is 13.8 Å². The molecule has 1 aromatic carbocycles. The molecular weight excluding hydrogens is 364 g/mol. The molecule has 10 heteroatoms. The molecule has 2 heterocycles. The minimum atomic E-state index is -0.870. The highest BCUT2D eigenvalue weighted by Gasteiger charge is 2.30. The minimum absolute atomic E-state index is 0.137. The van der Waals surface area contributed by atoms with Crippen LogP contribution in [0.3, 0.4) is 0 Å². The first-order valence-corrected chi connectivity index (χ1v) is 9.08.